The Morgan fingerprint density at radius 1 is 1.40 bits per heavy atom. The first-order valence-electron chi connectivity index (χ1n) is 5.13. The lowest BCUT2D eigenvalue weighted by Gasteiger charge is -2.13. The van der Waals surface area contributed by atoms with E-state index in [2.05, 4.69) is 24.3 Å². The van der Waals surface area contributed by atoms with Crippen molar-refractivity contribution in [2.45, 2.75) is 18.3 Å². The van der Waals surface area contributed by atoms with E-state index in [0.29, 0.717) is 11.8 Å². The second-order valence-corrected chi connectivity index (χ2v) is 4.12. The Morgan fingerprint density at radius 3 is 3.00 bits per heavy atom. The molecule has 15 heavy (non-hydrogen) atoms. The normalized spacial score (nSPS) is 25.7. The number of rotatable bonds is 1. The van der Waals surface area contributed by atoms with Crippen LogP contribution in [0.5, 0.6) is 5.75 Å². The van der Waals surface area contributed by atoms with Crippen molar-refractivity contribution in [1.29, 1.82) is 5.26 Å². The average molecular weight is 197 g/mol. The van der Waals surface area contributed by atoms with Gasteiger partial charge in [-0.25, -0.2) is 0 Å². The smallest absolute Gasteiger partial charge is 0.119 e. The number of ether oxygens (including phenoxy) is 1. The summed E-state index contributed by atoms with van der Waals surface area (Å²) in [5.41, 5.74) is 3.61. The SMILES string of the molecule is COc1ccc2c(c1)C1C=C(C#N)C2C1. The molecular weight excluding hydrogens is 186 g/mol. The van der Waals surface area contributed by atoms with Crippen LogP contribution in [-0.2, 0) is 0 Å². The molecule has 2 bridgehead atoms. The highest BCUT2D eigenvalue weighted by Crippen LogP contribution is 2.52. The van der Waals surface area contributed by atoms with Gasteiger partial charge in [0.25, 0.3) is 0 Å². The molecule has 0 fully saturated rings. The first-order chi connectivity index (χ1) is 7.33. The lowest BCUT2D eigenvalue weighted by Crippen LogP contribution is -1.98. The van der Waals surface area contributed by atoms with E-state index in [0.717, 1.165) is 17.7 Å². The summed E-state index contributed by atoms with van der Waals surface area (Å²) in [6.45, 7) is 0. The lowest BCUT2D eigenvalue weighted by molar-refractivity contribution is 0.414. The van der Waals surface area contributed by atoms with Crippen LogP contribution in [-0.4, -0.2) is 7.11 Å². The standard InChI is InChI=1S/C13H11NO/c1-15-10-2-3-11-12-5-8(13(11)6-10)4-9(12)7-14/h2-4,6,8,12H,5H2,1H3. The molecule has 0 heterocycles. The third kappa shape index (κ3) is 1.04. The second-order valence-electron chi connectivity index (χ2n) is 4.12. The zero-order chi connectivity index (χ0) is 10.4. The van der Waals surface area contributed by atoms with Crippen molar-refractivity contribution in [2.75, 3.05) is 7.11 Å². The fourth-order valence-electron chi connectivity index (χ4n) is 2.73. The van der Waals surface area contributed by atoms with Crippen molar-refractivity contribution in [3.8, 4) is 11.8 Å². The minimum atomic E-state index is 0.348. The van der Waals surface area contributed by atoms with Crippen molar-refractivity contribution in [3.05, 3.63) is 41.0 Å². The Morgan fingerprint density at radius 2 is 2.27 bits per heavy atom. The summed E-state index contributed by atoms with van der Waals surface area (Å²) in [5, 5.41) is 8.97. The van der Waals surface area contributed by atoms with E-state index in [1.54, 1.807) is 7.11 Å². The van der Waals surface area contributed by atoms with Crippen molar-refractivity contribution < 1.29 is 4.74 Å². The number of nitriles is 1. The summed E-state index contributed by atoms with van der Waals surface area (Å²) in [6, 6.07) is 8.48. The minimum Gasteiger partial charge on any atom is -0.497 e. The Bertz CT molecular complexity index is 496. The zero-order valence-corrected chi connectivity index (χ0v) is 8.53. The van der Waals surface area contributed by atoms with Gasteiger partial charge in [-0.2, -0.15) is 5.26 Å². The predicted octanol–water partition coefficient (Wildman–Crippen LogP) is 2.73. The molecule has 2 aliphatic rings. The lowest BCUT2D eigenvalue weighted by atomic mass is 9.92. The molecule has 1 aromatic rings. The van der Waals surface area contributed by atoms with Gasteiger partial charge < -0.3 is 4.74 Å². The number of allylic oxidation sites excluding steroid dienone is 2. The second kappa shape index (κ2) is 2.87. The summed E-state index contributed by atoms with van der Waals surface area (Å²) < 4.78 is 5.21. The summed E-state index contributed by atoms with van der Waals surface area (Å²) in [7, 11) is 1.69. The van der Waals surface area contributed by atoms with E-state index in [1.165, 1.54) is 11.1 Å². The molecule has 1 aromatic carbocycles. The summed E-state index contributed by atoms with van der Waals surface area (Å²) in [6.07, 6.45) is 3.18. The average Bonchev–Trinajstić information content (AvgIpc) is 2.86. The van der Waals surface area contributed by atoms with Crippen molar-refractivity contribution >= 4 is 0 Å². The van der Waals surface area contributed by atoms with E-state index in [-0.39, 0.29) is 0 Å². The third-order valence-electron chi connectivity index (χ3n) is 3.44. The highest BCUT2D eigenvalue weighted by Gasteiger charge is 2.38. The van der Waals surface area contributed by atoms with Crippen LogP contribution in [0.4, 0.5) is 0 Å². The third-order valence-corrected chi connectivity index (χ3v) is 3.44. The van der Waals surface area contributed by atoms with Crippen LogP contribution < -0.4 is 4.74 Å². The van der Waals surface area contributed by atoms with Crippen LogP contribution >= 0.6 is 0 Å². The molecule has 0 saturated carbocycles. The van der Waals surface area contributed by atoms with Crippen molar-refractivity contribution in [1.82, 2.24) is 0 Å². The molecule has 0 N–H and O–H groups in total. The quantitative estimate of drug-likeness (QED) is 0.693. The number of methoxy groups -OCH3 is 1. The van der Waals surface area contributed by atoms with Crippen molar-refractivity contribution in [2.24, 2.45) is 0 Å². The highest BCUT2D eigenvalue weighted by atomic mass is 16.5. The maximum absolute atomic E-state index is 8.97. The molecule has 0 radical (unpaired) electrons. The van der Waals surface area contributed by atoms with Crippen LogP contribution in [0.15, 0.2) is 29.8 Å². The van der Waals surface area contributed by atoms with E-state index >= 15 is 0 Å². The number of benzene rings is 1. The summed E-state index contributed by atoms with van der Waals surface area (Å²) in [4.78, 5) is 0. The molecule has 2 nitrogen and oxygen atoms in total. The van der Waals surface area contributed by atoms with Gasteiger partial charge in [0.15, 0.2) is 0 Å². The topological polar surface area (TPSA) is 33.0 Å². The number of hydrogen-bond acceptors (Lipinski definition) is 2. The Balaban J connectivity index is 2.11. The largest absolute Gasteiger partial charge is 0.497 e. The van der Waals surface area contributed by atoms with Crippen LogP contribution in [0.2, 0.25) is 0 Å². The minimum absolute atomic E-state index is 0.348. The predicted molar refractivity (Wildman–Crippen MR) is 56.8 cm³/mol. The fraction of sp³-hybridized carbons (Fsp3) is 0.308. The highest BCUT2D eigenvalue weighted by molar-refractivity contribution is 5.56. The number of hydrogen-bond donors (Lipinski definition) is 0. The van der Waals surface area contributed by atoms with Gasteiger partial charge in [-0.1, -0.05) is 12.1 Å². The molecule has 0 aromatic heterocycles. The van der Waals surface area contributed by atoms with Crippen LogP contribution in [0.3, 0.4) is 0 Å². The molecule has 0 aliphatic heterocycles. The summed E-state index contributed by atoms with van der Waals surface area (Å²) >= 11 is 0. The summed E-state index contributed by atoms with van der Waals surface area (Å²) in [5.74, 6) is 1.70. The molecule has 0 spiro atoms. The van der Waals surface area contributed by atoms with Gasteiger partial charge in [0.1, 0.15) is 5.75 Å². The maximum Gasteiger partial charge on any atom is 0.119 e. The Hall–Kier alpha value is -1.75. The van der Waals surface area contributed by atoms with Gasteiger partial charge in [0.2, 0.25) is 0 Å². The Kier molecular flexibility index (Phi) is 1.63. The van der Waals surface area contributed by atoms with Gasteiger partial charge in [-0.15, -0.1) is 0 Å². The number of fused-ring (bicyclic) bond motifs is 5. The molecule has 2 unspecified atom stereocenters. The van der Waals surface area contributed by atoms with Crippen LogP contribution in [0, 0.1) is 11.3 Å². The molecule has 2 aliphatic carbocycles. The molecule has 2 atom stereocenters. The Labute approximate surface area is 88.8 Å². The van der Waals surface area contributed by atoms with E-state index in [9.17, 15) is 0 Å². The van der Waals surface area contributed by atoms with Crippen LogP contribution in [0.25, 0.3) is 0 Å². The maximum atomic E-state index is 8.97. The van der Waals surface area contributed by atoms with Crippen molar-refractivity contribution in [3.63, 3.8) is 0 Å². The first kappa shape index (κ1) is 8.55. The van der Waals surface area contributed by atoms with E-state index < -0.39 is 0 Å². The molecule has 0 saturated heterocycles. The molecule has 2 heteroatoms. The van der Waals surface area contributed by atoms with Gasteiger partial charge in [-0.05, 0) is 29.7 Å². The monoisotopic (exact) mass is 197 g/mol. The van der Waals surface area contributed by atoms with E-state index in [1.807, 2.05) is 6.07 Å². The number of nitrogens with zero attached hydrogens (tertiary/aromatic N) is 1. The first-order valence-corrected chi connectivity index (χ1v) is 5.13. The van der Waals surface area contributed by atoms with Crippen LogP contribution in [0.1, 0.15) is 29.4 Å². The fourth-order valence-corrected chi connectivity index (χ4v) is 2.73. The molecule has 0 amide bonds. The zero-order valence-electron chi connectivity index (χ0n) is 8.53. The van der Waals surface area contributed by atoms with E-state index in [4.69, 9.17) is 10.00 Å². The van der Waals surface area contributed by atoms with Gasteiger partial charge >= 0.3 is 0 Å². The van der Waals surface area contributed by atoms with Gasteiger partial charge in [0, 0.05) is 17.4 Å². The van der Waals surface area contributed by atoms with Gasteiger partial charge in [-0.3, -0.25) is 0 Å². The molecular formula is C13H11NO. The molecule has 3 rings (SSSR count). The van der Waals surface area contributed by atoms with Gasteiger partial charge in [0.05, 0.1) is 13.2 Å². The molecule has 74 valence electrons.